The van der Waals surface area contributed by atoms with Crippen molar-refractivity contribution in [2.75, 3.05) is 0 Å². The zero-order chi connectivity index (χ0) is 31.9. The summed E-state index contributed by atoms with van der Waals surface area (Å²) in [5.74, 6) is 0. The minimum absolute atomic E-state index is 1.21. The average Bonchev–Trinajstić information content (AvgIpc) is 3.18. The Balaban J connectivity index is 1.37. The molecule has 0 aliphatic heterocycles. The highest BCUT2D eigenvalue weighted by Crippen LogP contribution is 2.44. The first-order valence-corrected chi connectivity index (χ1v) is 16.6. The van der Waals surface area contributed by atoms with Crippen molar-refractivity contribution in [3.05, 3.63) is 194 Å². The molecule has 0 unspecified atom stereocenters. The Bertz CT molecular complexity index is 2500. The van der Waals surface area contributed by atoms with E-state index >= 15 is 0 Å². The van der Waals surface area contributed by atoms with Crippen molar-refractivity contribution >= 4 is 32.3 Å². The fourth-order valence-electron chi connectivity index (χ4n) is 7.29. The van der Waals surface area contributed by atoms with Crippen molar-refractivity contribution in [2.24, 2.45) is 0 Å². The maximum Gasteiger partial charge on any atom is -0.00199 e. The van der Waals surface area contributed by atoms with E-state index in [2.05, 4.69) is 194 Å². The van der Waals surface area contributed by atoms with Gasteiger partial charge in [0.15, 0.2) is 0 Å². The second-order valence-corrected chi connectivity index (χ2v) is 12.5. The van der Waals surface area contributed by atoms with Crippen molar-refractivity contribution in [1.29, 1.82) is 0 Å². The molecule has 48 heavy (non-hydrogen) atoms. The van der Waals surface area contributed by atoms with Gasteiger partial charge in [-0.15, -0.1) is 0 Å². The second kappa shape index (κ2) is 11.8. The second-order valence-electron chi connectivity index (χ2n) is 12.5. The van der Waals surface area contributed by atoms with Gasteiger partial charge in [-0.3, -0.25) is 0 Å². The lowest BCUT2D eigenvalue weighted by atomic mass is 9.85. The Morgan fingerprint density at radius 1 is 0.188 bits per heavy atom. The summed E-state index contributed by atoms with van der Waals surface area (Å²) in [5, 5.41) is 7.68. The fourth-order valence-corrected chi connectivity index (χ4v) is 7.29. The van der Waals surface area contributed by atoms with Gasteiger partial charge in [-0.2, -0.15) is 0 Å². The first-order valence-electron chi connectivity index (χ1n) is 16.6. The third kappa shape index (κ3) is 4.96. The van der Waals surface area contributed by atoms with Crippen molar-refractivity contribution in [3.8, 4) is 55.6 Å². The van der Waals surface area contributed by atoms with Gasteiger partial charge in [0.2, 0.25) is 0 Å². The standard InChI is InChI=1S/C48H32/c1-4-14-33(15-5-1)36-24-26-37(27-25-36)40-31-46(48-45-23-13-12-21-43(45)42-20-10-11-22-44(42)47(48)32-40)41-29-38(34-16-6-2-7-17-34)28-39(30-41)35-18-8-3-9-19-35/h1-32H. The molecule has 9 rings (SSSR count). The van der Waals surface area contributed by atoms with Crippen LogP contribution in [0, 0.1) is 0 Å². The summed E-state index contributed by atoms with van der Waals surface area (Å²) in [7, 11) is 0. The summed E-state index contributed by atoms with van der Waals surface area (Å²) in [5.41, 5.74) is 12.2. The van der Waals surface area contributed by atoms with Gasteiger partial charge in [-0.1, -0.05) is 164 Å². The smallest absolute Gasteiger partial charge is 0.00199 e. The maximum atomic E-state index is 2.42. The summed E-state index contributed by atoms with van der Waals surface area (Å²) in [6.07, 6.45) is 0. The molecule has 0 bridgehead atoms. The van der Waals surface area contributed by atoms with Crippen LogP contribution in [0.1, 0.15) is 0 Å². The maximum absolute atomic E-state index is 2.42. The molecule has 0 aromatic heterocycles. The molecule has 0 heterocycles. The van der Waals surface area contributed by atoms with E-state index in [9.17, 15) is 0 Å². The lowest BCUT2D eigenvalue weighted by Gasteiger charge is -2.18. The summed E-state index contributed by atoms with van der Waals surface area (Å²) in [4.78, 5) is 0. The third-order valence-corrected chi connectivity index (χ3v) is 9.63. The summed E-state index contributed by atoms with van der Waals surface area (Å²) >= 11 is 0. The molecular weight excluding hydrogens is 577 g/mol. The van der Waals surface area contributed by atoms with E-state index in [1.807, 2.05) is 0 Å². The molecular formula is C48H32. The van der Waals surface area contributed by atoms with Crippen molar-refractivity contribution in [3.63, 3.8) is 0 Å². The van der Waals surface area contributed by atoms with Crippen molar-refractivity contribution in [2.45, 2.75) is 0 Å². The van der Waals surface area contributed by atoms with Crippen LogP contribution < -0.4 is 0 Å². The van der Waals surface area contributed by atoms with E-state index in [1.165, 1.54) is 88.0 Å². The van der Waals surface area contributed by atoms with Crippen LogP contribution in [0.25, 0.3) is 88.0 Å². The lowest BCUT2D eigenvalue weighted by molar-refractivity contribution is 1.57. The Kier molecular flexibility index (Phi) is 6.91. The van der Waals surface area contributed by atoms with E-state index in [1.54, 1.807) is 0 Å². The normalized spacial score (nSPS) is 11.3. The molecule has 0 radical (unpaired) electrons. The predicted molar refractivity (Wildman–Crippen MR) is 206 cm³/mol. The number of benzene rings is 9. The molecule has 0 heteroatoms. The van der Waals surface area contributed by atoms with Crippen LogP contribution in [0.15, 0.2) is 194 Å². The average molecular weight is 609 g/mol. The van der Waals surface area contributed by atoms with Crippen LogP contribution in [-0.2, 0) is 0 Å². The highest BCUT2D eigenvalue weighted by atomic mass is 14.2. The Morgan fingerprint density at radius 3 is 1.04 bits per heavy atom. The Labute approximate surface area is 281 Å². The Hall–Kier alpha value is -6.24. The zero-order valence-electron chi connectivity index (χ0n) is 26.5. The minimum Gasteiger partial charge on any atom is -0.0622 e. The van der Waals surface area contributed by atoms with Crippen LogP contribution in [0.2, 0.25) is 0 Å². The topological polar surface area (TPSA) is 0 Å². The highest BCUT2D eigenvalue weighted by molar-refractivity contribution is 6.29. The van der Waals surface area contributed by atoms with Gasteiger partial charge in [-0.25, -0.2) is 0 Å². The van der Waals surface area contributed by atoms with Crippen LogP contribution in [-0.4, -0.2) is 0 Å². The molecule has 9 aromatic rings. The third-order valence-electron chi connectivity index (χ3n) is 9.63. The van der Waals surface area contributed by atoms with Gasteiger partial charge >= 0.3 is 0 Å². The molecule has 0 atom stereocenters. The van der Waals surface area contributed by atoms with Crippen LogP contribution in [0.3, 0.4) is 0 Å². The molecule has 0 saturated heterocycles. The quantitative estimate of drug-likeness (QED) is 0.171. The summed E-state index contributed by atoms with van der Waals surface area (Å²) < 4.78 is 0. The molecule has 0 spiro atoms. The first kappa shape index (κ1) is 28.0. The predicted octanol–water partition coefficient (Wildman–Crippen LogP) is 13.5. The number of hydrogen-bond donors (Lipinski definition) is 0. The summed E-state index contributed by atoms with van der Waals surface area (Å²) in [6.45, 7) is 0. The fraction of sp³-hybridized carbons (Fsp3) is 0. The highest BCUT2D eigenvalue weighted by Gasteiger charge is 2.17. The van der Waals surface area contributed by atoms with Crippen molar-refractivity contribution < 1.29 is 0 Å². The van der Waals surface area contributed by atoms with Crippen LogP contribution >= 0.6 is 0 Å². The van der Waals surface area contributed by atoms with Gasteiger partial charge in [0.25, 0.3) is 0 Å². The minimum atomic E-state index is 1.21. The SMILES string of the molecule is c1ccc(-c2ccc(-c3cc(-c4cc(-c5ccccc5)cc(-c5ccccc5)c4)c4c5ccccc5c5ccccc5c4c3)cc2)cc1. The Morgan fingerprint density at radius 2 is 0.521 bits per heavy atom. The number of hydrogen-bond acceptors (Lipinski definition) is 0. The zero-order valence-corrected chi connectivity index (χ0v) is 26.5. The molecule has 0 fully saturated rings. The van der Waals surface area contributed by atoms with Gasteiger partial charge < -0.3 is 0 Å². The van der Waals surface area contributed by atoms with E-state index in [-0.39, 0.29) is 0 Å². The van der Waals surface area contributed by atoms with Crippen LogP contribution in [0.4, 0.5) is 0 Å². The molecule has 0 aliphatic carbocycles. The molecule has 0 saturated carbocycles. The molecule has 0 nitrogen and oxygen atoms in total. The lowest BCUT2D eigenvalue weighted by Crippen LogP contribution is -1.91. The largest absolute Gasteiger partial charge is 0.0622 e. The molecule has 0 aliphatic rings. The molecule has 0 amide bonds. The van der Waals surface area contributed by atoms with Crippen LogP contribution in [0.5, 0.6) is 0 Å². The summed E-state index contributed by atoms with van der Waals surface area (Å²) in [6, 6.07) is 70.8. The molecule has 0 N–H and O–H groups in total. The van der Waals surface area contributed by atoms with Gasteiger partial charge in [-0.05, 0) is 118 Å². The monoisotopic (exact) mass is 608 g/mol. The van der Waals surface area contributed by atoms with E-state index in [0.717, 1.165) is 0 Å². The molecule has 224 valence electrons. The van der Waals surface area contributed by atoms with E-state index in [4.69, 9.17) is 0 Å². The van der Waals surface area contributed by atoms with Crippen molar-refractivity contribution in [1.82, 2.24) is 0 Å². The number of rotatable bonds is 5. The number of fused-ring (bicyclic) bond motifs is 6. The van der Waals surface area contributed by atoms with E-state index < -0.39 is 0 Å². The molecule has 9 aromatic carbocycles. The van der Waals surface area contributed by atoms with Gasteiger partial charge in [0.1, 0.15) is 0 Å². The van der Waals surface area contributed by atoms with Gasteiger partial charge in [0.05, 0.1) is 0 Å². The van der Waals surface area contributed by atoms with E-state index in [0.29, 0.717) is 0 Å². The first-order chi connectivity index (χ1) is 23.8. The van der Waals surface area contributed by atoms with Gasteiger partial charge in [0, 0.05) is 0 Å².